The van der Waals surface area contributed by atoms with Crippen molar-refractivity contribution >= 4 is 23.2 Å². The van der Waals surface area contributed by atoms with Gasteiger partial charge in [0.15, 0.2) is 11.6 Å². The van der Waals surface area contributed by atoms with E-state index >= 15 is 0 Å². The number of pyridine rings is 1. The number of fused-ring (bicyclic) bond motifs is 5. The first-order chi connectivity index (χ1) is 17.7. The van der Waals surface area contributed by atoms with Crippen molar-refractivity contribution in [2.75, 3.05) is 37.6 Å². The summed E-state index contributed by atoms with van der Waals surface area (Å²) in [6.07, 6.45) is 8.04. The third-order valence-electron chi connectivity index (χ3n) is 11.0. The highest BCUT2D eigenvalue weighted by Crippen LogP contribution is 2.66. The quantitative estimate of drug-likeness (QED) is 0.672. The lowest BCUT2D eigenvalue weighted by molar-refractivity contribution is -0.169. The van der Waals surface area contributed by atoms with Gasteiger partial charge in [-0.3, -0.25) is 19.3 Å². The Kier molecular flexibility index (Phi) is 5.95. The van der Waals surface area contributed by atoms with E-state index < -0.39 is 11.0 Å². The zero-order valence-corrected chi connectivity index (χ0v) is 22.1. The molecule has 37 heavy (non-hydrogen) atoms. The molecule has 6 atom stereocenters. The fourth-order valence-corrected chi connectivity index (χ4v) is 8.86. The highest BCUT2D eigenvalue weighted by Gasteiger charge is 2.68. The number of ketones is 3. The Hall–Kier alpha value is -2.38. The van der Waals surface area contributed by atoms with Crippen LogP contribution >= 0.6 is 0 Å². The van der Waals surface area contributed by atoms with Crippen LogP contribution in [0.2, 0.25) is 0 Å². The highest BCUT2D eigenvalue weighted by molar-refractivity contribution is 5.94. The highest BCUT2D eigenvalue weighted by atomic mass is 16.3. The van der Waals surface area contributed by atoms with Gasteiger partial charge in [-0.1, -0.05) is 25.5 Å². The summed E-state index contributed by atoms with van der Waals surface area (Å²) in [4.78, 5) is 48.5. The van der Waals surface area contributed by atoms with E-state index in [1.165, 1.54) is 0 Å². The zero-order valence-electron chi connectivity index (χ0n) is 22.1. The molecule has 0 spiro atoms. The molecule has 3 unspecified atom stereocenters. The minimum Gasteiger partial charge on any atom is -0.381 e. The summed E-state index contributed by atoms with van der Waals surface area (Å²) in [7, 11) is 0. The molecule has 0 amide bonds. The molecule has 1 aliphatic heterocycles. The summed E-state index contributed by atoms with van der Waals surface area (Å²) in [5.74, 6) is 1.42. The van der Waals surface area contributed by atoms with Crippen LogP contribution in [0.15, 0.2) is 36.0 Å². The number of rotatable bonds is 4. The Morgan fingerprint density at radius 1 is 1.08 bits per heavy atom. The van der Waals surface area contributed by atoms with Gasteiger partial charge in [-0.15, -0.1) is 0 Å². The van der Waals surface area contributed by atoms with Gasteiger partial charge >= 0.3 is 0 Å². The summed E-state index contributed by atoms with van der Waals surface area (Å²) >= 11 is 0. The van der Waals surface area contributed by atoms with Crippen molar-refractivity contribution in [3.63, 3.8) is 0 Å². The van der Waals surface area contributed by atoms with Crippen LogP contribution in [0.5, 0.6) is 0 Å². The molecule has 0 radical (unpaired) electrons. The number of carbonyl (C=O) groups is 3. The van der Waals surface area contributed by atoms with Crippen LogP contribution in [0.1, 0.15) is 58.8 Å². The Balaban J connectivity index is 1.17. The Morgan fingerprint density at radius 2 is 1.86 bits per heavy atom. The second kappa shape index (κ2) is 8.84. The number of Topliss-reactive ketones (excluding diaryl/α,β-unsaturated/α-hetero) is 2. The Labute approximate surface area is 219 Å². The van der Waals surface area contributed by atoms with Gasteiger partial charge in [0, 0.05) is 56.6 Å². The maximum absolute atomic E-state index is 13.8. The van der Waals surface area contributed by atoms with Gasteiger partial charge in [-0.05, 0) is 67.6 Å². The van der Waals surface area contributed by atoms with Crippen LogP contribution in [0.4, 0.5) is 5.82 Å². The predicted octanol–water partition coefficient (Wildman–Crippen LogP) is 3.21. The maximum atomic E-state index is 13.8. The fraction of sp³-hybridized carbons (Fsp3) is 0.667. The predicted molar refractivity (Wildman–Crippen MR) is 140 cm³/mol. The lowest BCUT2D eigenvalue weighted by atomic mass is 9.46. The van der Waals surface area contributed by atoms with Gasteiger partial charge in [-0.25, -0.2) is 4.98 Å². The van der Waals surface area contributed by atoms with Crippen LogP contribution in [-0.2, 0) is 14.4 Å². The molecule has 6 rings (SSSR count). The first-order valence-corrected chi connectivity index (χ1v) is 14.1. The van der Waals surface area contributed by atoms with Gasteiger partial charge in [-0.2, -0.15) is 0 Å². The number of carbonyl (C=O) groups excluding carboxylic acids is 3. The van der Waals surface area contributed by atoms with Crippen LogP contribution in [0.25, 0.3) is 0 Å². The average molecular weight is 506 g/mol. The van der Waals surface area contributed by atoms with Crippen LogP contribution in [-0.4, -0.2) is 70.7 Å². The number of aromatic nitrogens is 1. The monoisotopic (exact) mass is 505 g/mol. The number of nitrogens with zero attached hydrogens (tertiary/aromatic N) is 3. The molecule has 1 aromatic heterocycles. The van der Waals surface area contributed by atoms with Crippen molar-refractivity contribution in [1.82, 2.24) is 9.88 Å². The number of aliphatic hydroxyl groups is 1. The van der Waals surface area contributed by atoms with Gasteiger partial charge in [0.1, 0.15) is 17.2 Å². The molecule has 2 heterocycles. The lowest BCUT2D eigenvalue weighted by Gasteiger charge is -2.57. The molecule has 5 aliphatic rings. The fourth-order valence-electron chi connectivity index (χ4n) is 8.86. The second-order valence-electron chi connectivity index (χ2n) is 12.7. The smallest absolute Gasteiger partial charge is 0.178 e. The minimum absolute atomic E-state index is 0.101. The van der Waals surface area contributed by atoms with E-state index in [1.807, 2.05) is 31.2 Å². The molecule has 198 valence electrons. The van der Waals surface area contributed by atoms with Gasteiger partial charge < -0.3 is 10.0 Å². The summed E-state index contributed by atoms with van der Waals surface area (Å²) in [5.41, 5.74) is -1.29. The van der Waals surface area contributed by atoms with Crippen molar-refractivity contribution in [3.8, 4) is 0 Å². The molecule has 1 N–H and O–H groups in total. The SMILES string of the molecule is C[C@]12CCC(=O)C=C1CCC1C2C(=O)C[C@@]2(C)C1CC[C@]2(O)C(=O)CN1CCN(c2ccccn2)CC1. The van der Waals surface area contributed by atoms with E-state index in [0.717, 1.165) is 63.3 Å². The Bertz CT molecular complexity index is 1140. The van der Waals surface area contributed by atoms with Crippen LogP contribution in [0.3, 0.4) is 0 Å². The largest absolute Gasteiger partial charge is 0.381 e. The molecule has 1 saturated heterocycles. The number of allylic oxidation sites excluding steroid dienone is 1. The maximum Gasteiger partial charge on any atom is 0.178 e. The van der Waals surface area contributed by atoms with Crippen molar-refractivity contribution in [2.45, 2.75) is 64.4 Å². The molecular weight excluding hydrogens is 466 g/mol. The summed E-state index contributed by atoms with van der Waals surface area (Å²) < 4.78 is 0. The number of anilines is 1. The number of piperazine rings is 1. The van der Waals surface area contributed by atoms with Crippen molar-refractivity contribution in [1.29, 1.82) is 0 Å². The molecule has 7 heteroatoms. The number of hydrogen-bond acceptors (Lipinski definition) is 7. The summed E-state index contributed by atoms with van der Waals surface area (Å²) in [6.45, 7) is 7.49. The Morgan fingerprint density at radius 3 is 2.59 bits per heavy atom. The van der Waals surface area contributed by atoms with E-state index in [0.29, 0.717) is 12.8 Å². The zero-order chi connectivity index (χ0) is 26.0. The normalized spacial score (nSPS) is 40.0. The van der Waals surface area contributed by atoms with E-state index in [9.17, 15) is 19.5 Å². The molecular formula is C30H39N3O4. The van der Waals surface area contributed by atoms with Crippen molar-refractivity contribution in [3.05, 3.63) is 36.0 Å². The summed E-state index contributed by atoms with van der Waals surface area (Å²) in [5, 5.41) is 12.0. The number of hydrogen-bond donors (Lipinski definition) is 1. The standard InChI is InChI=1S/C30H39N3O4/c1-28-10-8-21(34)17-20(28)6-7-22-23-9-11-30(37,29(23,2)18-24(35)27(22)28)25(36)19-32-13-15-33(16-14-32)26-5-3-4-12-31-26/h3-5,12,17,22-23,27,37H,6-11,13-16,18-19H2,1-2H3/t22?,23?,27?,28-,29-,30-/m0/s1. The molecule has 4 aliphatic carbocycles. The first-order valence-electron chi connectivity index (χ1n) is 14.1. The van der Waals surface area contributed by atoms with E-state index in [2.05, 4.69) is 21.7 Å². The molecule has 4 fully saturated rings. The van der Waals surface area contributed by atoms with Gasteiger partial charge in [0.2, 0.25) is 0 Å². The van der Waals surface area contributed by atoms with Gasteiger partial charge in [0.05, 0.1) is 6.54 Å². The van der Waals surface area contributed by atoms with Crippen LogP contribution in [0, 0.1) is 28.6 Å². The van der Waals surface area contributed by atoms with E-state index in [1.54, 1.807) is 6.20 Å². The first kappa shape index (κ1) is 24.9. The molecule has 0 aromatic carbocycles. The average Bonchev–Trinajstić information content (AvgIpc) is 3.16. The minimum atomic E-state index is -1.46. The van der Waals surface area contributed by atoms with Crippen LogP contribution < -0.4 is 4.90 Å². The van der Waals surface area contributed by atoms with E-state index in [-0.39, 0.29) is 53.5 Å². The second-order valence-corrected chi connectivity index (χ2v) is 12.7. The molecule has 7 nitrogen and oxygen atoms in total. The van der Waals surface area contributed by atoms with Crippen molar-refractivity contribution in [2.24, 2.45) is 28.6 Å². The molecule has 0 bridgehead atoms. The van der Waals surface area contributed by atoms with Crippen molar-refractivity contribution < 1.29 is 19.5 Å². The summed E-state index contributed by atoms with van der Waals surface area (Å²) in [6, 6.07) is 5.90. The van der Waals surface area contributed by atoms with Gasteiger partial charge in [0.25, 0.3) is 0 Å². The topological polar surface area (TPSA) is 90.8 Å². The third kappa shape index (κ3) is 3.75. The molecule has 1 aromatic rings. The molecule has 3 saturated carbocycles. The third-order valence-corrected chi connectivity index (χ3v) is 11.0. The van der Waals surface area contributed by atoms with E-state index in [4.69, 9.17) is 0 Å². The lowest BCUT2D eigenvalue weighted by Crippen LogP contribution is -2.62.